The second kappa shape index (κ2) is 12.7. The molecule has 1 aromatic carbocycles. The van der Waals surface area contributed by atoms with Gasteiger partial charge in [0.2, 0.25) is 21.8 Å². The number of aromatic nitrogens is 2. The predicted octanol–water partition coefficient (Wildman–Crippen LogP) is 3.55. The molecule has 0 bridgehead atoms. The summed E-state index contributed by atoms with van der Waals surface area (Å²) in [6.07, 6.45) is 4.25. The van der Waals surface area contributed by atoms with E-state index >= 15 is 0 Å². The number of ether oxygens (including phenoxy) is 1. The third-order valence-corrected chi connectivity index (χ3v) is 9.58. The van der Waals surface area contributed by atoms with Gasteiger partial charge in [-0.1, -0.05) is 49.2 Å². The number of carbonyl (C=O) groups excluding carboxylic acids is 1. The summed E-state index contributed by atoms with van der Waals surface area (Å²) in [6, 6.07) is 9.18. The van der Waals surface area contributed by atoms with Crippen molar-refractivity contribution in [1.29, 1.82) is 0 Å². The fraction of sp³-hybridized carbons (Fsp3) is 0.423. The maximum absolute atomic E-state index is 13.5. The van der Waals surface area contributed by atoms with Crippen LogP contribution in [0.4, 0.5) is 5.13 Å². The molecule has 4 rings (SSSR count). The van der Waals surface area contributed by atoms with Crippen LogP contribution in [0.2, 0.25) is 0 Å². The number of nitrogens with zero attached hydrogens (tertiary/aromatic N) is 3. The molecule has 214 valence electrons. The van der Waals surface area contributed by atoms with E-state index in [2.05, 4.69) is 15.3 Å². The number of sulfonamides is 1. The number of benzene rings is 1. The molecule has 0 saturated heterocycles. The van der Waals surface area contributed by atoms with Gasteiger partial charge in [0, 0.05) is 12.6 Å². The number of thiazole rings is 1. The van der Waals surface area contributed by atoms with Crippen molar-refractivity contribution < 1.29 is 37.8 Å². The third-order valence-electron chi connectivity index (χ3n) is 6.84. The van der Waals surface area contributed by atoms with Gasteiger partial charge in [-0.15, -0.1) is 0 Å². The molecule has 1 aliphatic carbocycles. The smallest absolute Gasteiger partial charge is 0.318 e. The van der Waals surface area contributed by atoms with Crippen LogP contribution in [0, 0.1) is 5.92 Å². The van der Waals surface area contributed by atoms with Crippen molar-refractivity contribution in [3.05, 3.63) is 42.0 Å². The summed E-state index contributed by atoms with van der Waals surface area (Å²) in [5.41, 5.74) is 1.23. The van der Waals surface area contributed by atoms with Gasteiger partial charge in [0.15, 0.2) is 5.13 Å². The number of fused-ring (bicyclic) bond motifs is 1. The maximum atomic E-state index is 13.5. The van der Waals surface area contributed by atoms with Gasteiger partial charge in [0.1, 0.15) is 16.9 Å². The average molecular weight is 591 g/mol. The molecule has 3 aromatic rings. The minimum Gasteiger partial charge on any atom is -0.481 e. The molecule has 14 heteroatoms. The monoisotopic (exact) mass is 590 g/mol. The Balaban J connectivity index is 1.58. The second-order valence-corrected chi connectivity index (χ2v) is 12.5. The van der Waals surface area contributed by atoms with E-state index in [1.807, 2.05) is 0 Å². The molecule has 2 heterocycles. The molecule has 1 saturated carbocycles. The van der Waals surface area contributed by atoms with E-state index in [0.717, 1.165) is 25.7 Å². The van der Waals surface area contributed by atoms with Gasteiger partial charge in [-0.05, 0) is 36.1 Å². The zero-order valence-electron chi connectivity index (χ0n) is 21.8. The Kier molecular flexibility index (Phi) is 9.32. The van der Waals surface area contributed by atoms with Crippen LogP contribution in [0.1, 0.15) is 50.0 Å². The minimum atomic E-state index is -4.28. The topological polar surface area (TPSA) is 176 Å². The lowest BCUT2D eigenvalue weighted by atomic mass is 9.87. The van der Waals surface area contributed by atoms with Crippen LogP contribution in [0.5, 0.6) is 5.88 Å². The number of hydrogen-bond acceptors (Lipinski definition) is 9. The Morgan fingerprint density at radius 3 is 2.40 bits per heavy atom. The zero-order valence-corrected chi connectivity index (χ0v) is 23.4. The molecule has 1 amide bonds. The van der Waals surface area contributed by atoms with Crippen LogP contribution >= 0.6 is 11.3 Å². The molecular formula is C26H30N4O8S2. The number of rotatable bonds is 13. The quantitative estimate of drug-likeness (QED) is 0.267. The van der Waals surface area contributed by atoms with Crippen LogP contribution < -0.4 is 10.1 Å². The number of carbonyl (C=O) groups is 3. The van der Waals surface area contributed by atoms with E-state index in [1.165, 1.54) is 30.6 Å². The largest absolute Gasteiger partial charge is 0.481 e. The Bertz CT molecular complexity index is 1480. The highest BCUT2D eigenvalue weighted by atomic mass is 32.2. The molecule has 0 spiro atoms. The number of carboxylic acid groups (broad SMARTS) is 2. The molecule has 1 fully saturated rings. The molecule has 0 radical (unpaired) electrons. The van der Waals surface area contributed by atoms with Gasteiger partial charge in [-0.2, -0.15) is 4.31 Å². The van der Waals surface area contributed by atoms with E-state index in [0.29, 0.717) is 43.6 Å². The lowest BCUT2D eigenvalue weighted by molar-refractivity contribution is -0.139. The first-order valence-corrected chi connectivity index (χ1v) is 15.0. The maximum Gasteiger partial charge on any atom is 0.318 e. The highest BCUT2D eigenvalue weighted by molar-refractivity contribution is 7.89. The Labute approximate surface area is 235 Å². The van der Waals surface area contributed by atoms with E-state index in [1.54, 1.807) is 24.3 Å². The molecule has 0 aliphatic heterocycles. The first-order chi connectivity index (χ1) is 19.1. The van der Waals surface area contributed by atoms with Gasteiger partial charge < -0.3 is 20.3 Å². The van der Waals surface area contributed by atoms with Crippen LogP contribution in [0.25, 0.3) is 10.3 Å². The molecule has 12 nitrogen and oxygen atoms in total. The highest BCUT2D eigenvalue weighted by Gasteiger charge is 2.30. The molecule has 1 aliphatic rings. The summed E-state index contributed by atoms with van der Waals surface area (Å²) in [5, 5.41) is 21.4. The van der Waals surface area contributed by atoms with Crippen molar-refractivity contribution in [3.63, 3.8) is 0 Å². The number of methoxy groups -OCH3 is 1. The summed E-state index contributed by atoms with van der Waals surface area (Å²) >= 11 is 1.22. The highest BCUT2D eigenvalue weighted by Crippen LogP contribution is 2.36. The number of amides is 1. The number of hydrogen-bond donors (Lipinski definition) is 3. The lowest BCUT2D eigenvalue weighted by Gasteiger charge is -2.22. The van der Waals surface area contributed by atoms with Crippen molar-refractivity contribution >= 4 is 54.7 Å². The lowest BCUT2D eigenvalue weighted by Crippen LogP contribution is -2.37. The molecule has 2 aromatic heterocycles. The van der Waals surface area contributed by atoms with E-state index in [-0.39, 0.29) is 10.8 Å². The molecule has 0 unspecified atom stereocenters. The van der Waals surface area contributed by atoms with Crippen LogP contribution in [0.15, 0.2) is 41.3 Å². The van der Waals surface area contributed by atoms with Crippen molar-refractivity contribution in [2.45, 2.75) is 49.3 Å². The number of aliphatic carboxylic acids is 2. The van der Waals surface area contributed by atoms with Crippen LogP contribution in [-0.4, -0.2) is 70.9 Å². The van der Waals surface area contributed by atoms with Crippen molar-refractivity contribution in [3.8, 4) is 5.88 Å². The van der Waals surface area contributed by atoms with E-state index < -0.39 is 47.4 Å². The van der Waals surface area contributed by atoms with Crippen LogP contribution in [-0.2, 0) is 24.4 Å². The number of anilines is 1. The van der Waals surface area contributed by atoms with Crippen molar-refractivity contribution in [2.24, 2.45) is 5.92 Å². The van der Waals surface area contributed by atoms with Gasteiger partial charge in [-0.3, -0.25) is 14.4 Å². The van der Waals surface area contributed by atoms with Gasteiger partial charge >= 0.3 is 11.9 Å². The Morgan fingerprint density at radius 2 is 1.77 bits per heavy atom. The Hall–Kier alpha value is -3.62. The number of carboxylic acids is 2. The standard InChI is InChI=1S/C26H30N4O8S2/c1-38-21-11-10-20-25(28-21)39-26(27-20)29-24(35)19(14-16-4-2-3-5-16)17-6-8-18(9-7-17)40(36,37)30(15-23(33)34)13-12-22(31)32/h6-11,16,19H,2-5,12-15H2,1H3,(H,31,32)(H,33,34)(H,27,29,35)/t19-/m1/s1. The summed E-state index contributed by atoms with van der Waals surface area (Å²) < 4.78 is 32.0. The average Bonchev–Trinajstić information content (AvgIpc) is 3.58. The summed E-state index contributed by atoms with van der Waals surface area (Å²) in [7, 11) is -2.77. The van der Waals surface area contributed by atoms with E-state index in [9.17, 15) is 22.8 Å². The summed E-state index contributed by atoms with van der Waals surface area (Å²) in [5.74, 6) is -2.71. The molecular weight excluding hydrogens is 560 g/mol. The number of nitrogens with one attached hydrogen (secondary N) is 1. The summed E-state index contributed by atoms with van der Waals surface area (Å²) in [6.45, 7) is -1.35. The first-order valence-electron chi connectivity index (χ1n) is 12.7. The first kappa shape index (κ1) is 29.4. The zero-order chi connectivity index (χ0) is 28.9. The normalized spacial score (nSPS) is 14.8. The van der Waals surface area contributed by atoms with Gasteiger partial charge in [-0.25, -0.2) is 18.4 Å². The van der Waals surface area contributed by atoms with E-state index in [4.69, 9.17) is 14.9 Å². The van der Waals surface area contributed by atoms with Crippen LogP contribution in [0.3, 0.4) is 0 Å². The molecule has 3 N–H and O–H groups in total. The Morgan fingerprint density at radius 1 is 1.07 bits per heavy atom. The third kappa shape index (κ3) is 7.11. The molecule has 40 heavy (non-hydrogen) atoms. The fourth-order valence-electron chi connectivity index (χ4n) is 4.81. The van der Waals surface area contributed by atoms with Crippen molar-refractivity contribution in [2.75, 3.05) is 25.5 Å². The SMILES string of the molecule is COc1ccc2nc(NC(=O)[C@H](CC3CCCC3)c3ccc(S(=O)(=O)N(CCC(=O)O)CC(=O)O)cc3)sc2n1. The predicted molar refractivity (Wildman–Crippen MR) is 147 cm³/mol. The summed E-state index contributed by atoms with van der Waals surface area (Å²) in [4.78, 5) is 45.0. The molecule has 1 atom stereocenters. The second-order valence-electron chi connectivity index (χ2n) is 9.57. The fourth-order valence-corrected chi connectivity index (χ4v) is 7.03. The minimum absolute atomic E-state index is 0.186. The number of pyridine rings is 1. The van der Waals surface area contributed by atoms with Gasteiger partial charge in [0.25, 0.3) is 0 Å². The van der Waals surface area contributed by atoms with Gasteiger partial charge in [0.05, 0.1) is 24.3 Å². The van der Waals surface area contributed by atoms with Crippen molar-refractivity contribution in [1.82, 2.24) is 14.3 Å².